The predicted octanol–water partition coefficient (Wildman–Crippen LogP) is 15.0. The maximum absolute atomic E-state index is 7.00. The first-order chi connectivity index (χ1) is 30.0. The van der Waals surface area contributed by atoms with Crippen LogP contribution in [-0.4, -0.2) is 16.2 Å². The molecule has 3 heterocycles. The first kappa shape index (κ1) is 41.7. The minimum atomic E-state index is -0.290. The normalized spacial score (nSPS) is 13.7. The Morgan fingerprint density at radius 2 is 0.968 bits per heavy atom. The van der Waals surface area contributed by atoms with Crippen molar-refractivity contribution in [3.05, 3.63) is 204 Å². The van der Waals surface area contributed by atoms with E-state index in [1.54, 1.807) is 0 Å². The molecule has 5 heteroatoms. The lowest BCUT2D eigenvalue weighted by Crippen LogP contribution is -2.26. The number of hydrogen-bond acceptors (Lipinski definition) is 4. The summed E-state index contributed by atoms with van der Waals surface area (Å²) in [6.07, 6.45) is 6.35. The van der Waals surface area contributed by atoms with Gasteiger partial charge in [-0.1, -0.05) is 154 Å². The Balaban J connectivity index is 1.11. The monoisotopic (exact) mass is 828 g/mol. The molecule has 0 amide bonds. The van der Waals surface area contributed by atoms with Crippen molar-refractivity contribution in [2.45, 2.75) is 90.9 Å². The lowest BCUT2D eigenvalue weighted by atomic mass is 9.78. The molecule has 0 radical (unpaired) electrons. The Morgan fingerprint density at radius 3 is 1.59 bits per heavy atom. The Kier molecular flexibility index (Phi) is 10.4. The minimum absolute atomic E-state index is 0.0277. The second-order valence-corrected chi connectivity index (χ2v) is 20.4. The van der Waals surface area contributed by atoms with E-state index < -0.39 is 0 Å². The number of ether oxygens (including phenoxy) is 1. The zero-order chi connectivity index (χ0) is 44.3. The Labute approximate surface area is 374 Å². The van der Waals surface area contributed by atoms with Crippen molar-refractivity contribution in [3.8, 4) is 17.3 Å². The summed E-state index contributed by atoms with van der Waals surface area (Å²) in [6.45, 7) is 23.6. The molecule has 0 saturated carbocycles. The van der Waals surface area contributed by atoms with Crippen LogP contribution in [-0.2, 0) is 21.7 Å². The molecule has 0 unspecified atom stereocenters. The van der Waals surface area contributed by atoms with Crippen LogP contribution < -0.4 is 14.5 Å². The Morgan fingerprint density at radius 1 is 0.429 bits per heavy atom. The molecule has 0 fully saturated rings. The summed E-state index contributed by atoms with van der Waals surface area (Å²) in [7, 11) is 0. The molecule has 6 aromatic carbocycles. The Hall–Kier alpha value is -6.59. The number of fused-ring (bicyclic) bond motifs is 3. The second-order valence-electron chi connectivity index (χ2n) is 20.4. The molecule has 0 atom stereocenters. The van der Waals surface area contributed by atoms with Gasteiger partial charge >= 0.3 is 0 Å². The van der Waals surface area contributed by atoms with Crippen LogP contribution in [0.1, 0.15) is 103 Å². The van der Waals surface area contributed by atoms with Gasteiger partial charge in [0.2, 0.25) is 0 Å². The third-order valence-corrected chi connectivity index (χ3v) is 13.2. The average Bonchev–Trinajstić information content (AvgIpc) is 3.90. The second kappa shape index (κ2) is 15.6. The molecule has 5 nitrogen and oxygen atoms in total. The van der Waals surface area contributed by atoms with Crippen molar-refractivity contribution >= 4 is 33.2 Å². The summed E-state index contributed by atoms with van der Waals surface area (Å²) in [5.41, 5.74) is 11.6. The number of benzene rings is 6. The number of hydrogen-bond donors (Lipinski definition) is 0. The van der Waals surface area contributed by atoms with Gasteiger partial charge in [-0.05, 0) is 98.8 Å². The molecule has 9 rings (SSSR count). The van der Waals surface area contributed by atoms with Crippen LogP contribution >= 0.6 is 0 Å². The van der Waals surface area contributed by atoms with Gasteiger partial charge < -0.3 is 14.5 Å². The van der Waals surface area contributed by atoms with E-state index in [1.165, 1.54) is 44.5 Å². The fraction of sp³-hybridized carbons (Fsp3) is 0.259. The van der Waals surface area contributed by atoms with E-state index in [1.807, 2.05) is 6.20 Å². The van der Waals surface area contributed by atoms with E-state index in [2.05, 4.69) is 248 Å². The smallest absolute Gasteiger partial charge is 0.137 e. The van der Waals surface area contributed by atoms with Gasteiger partial charge in [0.25, 0.3) is 0 Å². The molecule has 0 spiro atoms. The number of aromatic nitrogens is 2. The van der Waals surface area contributed by atoms with Crippen LogP contribution in [0.3, 0.4) is 0 Å². The third kappa shape index (κ3) is 8.02. The molecule has 0 bridgehead atoms. The van der Waals surface area contributed by atoms with Gasteiger partial charge in [-0.25, -0.2) is 4.98 Å². The zero-order valence-electron chi connectivity index (χ0n) is 38.6. The summed E-state index contributed by atoms with van der Waals surface area (Å²) in [5, 5.41) is 2.33. The van der Waals surface area contributed by atoms with Crippen LogP contribution in [0.4, 0.5) is 11.4 Å². The maximum atomic E-state index is 7.00. The molecule has 8 aromatic rings. The molecule has 2 aromatic heterocycles. The van der Waals surface area contributed by atoms with E-state index in [-0.39, 0.29) is 21.7 Å². The summed E-state index contributed by atoms with van der Waals surface area (Å²) in [6, 6.07) is 54.7. The molecule has 318 valence electrons. The number of anilines is 2. The largest absolute Gasteiger partial charge is 0.457 e. The van der Waals surface area contributed by atoms with Crippen molar-refractivity contribution in [1.82, 2.24) is 9.55 Å². The van der Waals surface area contributed by atoms with Crippen LogP contribution in [0.15, 0.2) is 170 Å². The van der Waals surface area contributed by atoms with Crippen LogP contribution in [0.25, 0.3) is 27.6 Å². The highest BCUT2D eigenvalue weighted by Gasteiger charge is 2.29. The van der Waals surface area contributed by atoms with E-state index in [0.29, 0.717) is 6.67 Å². The van der Waals surface area contributed by atoms with Gasteiger partial charge in [-0.15, -0.1) is 0 Å². The number of nitrogens with zero attached hydrogens (tertiary/aromatic N) is 4. The zero-order valence-corrected chi connectivity index (χ0v) is 38.6. The van der Waals surface area contributed by atoms with E-state index >= 15 is 0 Å². The van der Waals surface area contributed by atoms with Crippen LogP contribution in [0.5, 0.6) is 11.5 Å². The topological polar surface area (TPSA) is 33.5 Å². The average molecular weight is 829 g/mol. The third-order valence-electron chi connectivity index (χ3n) is 13.2. The van der Waals surface area contributed by atoms with Gasteiger partial charge in [0.15, 0.2) is 0 Å². The van der Waals surface area contributed by atoms with Crippen molar-refractivity contribution in [3.63, 3.8) is 0 Å². The lowest BCUT2D eigenvalue weighted by Gasteiger charge is -2.30. The maximum Gasteiger partial charge on any atom is 0.137 e. The SMILES string of the molecule is CC(C)(C)c1cc(N2C=CN(c3cc(Oc4ccc5c6ccccc6n(-c6cc(C(C)(C)c7ccccc7)ccn6)c5c4)cc(C(C)(C)c4ccccc4)c3)C2)cc(C(C)(C)C)c1. The molecule has 0 saturated heterocycles. The molecule has 0 aliphatic carbocycles. The molecule has 63 heavy (non-hydrogen) atoms. The van der Waals surface area contributed by atoms with Gasteiger partial charge in [0.05, 0.1) is 17.7 Å². The fourth-order valence-electron chi connectivity index (χ4n) is 8.94. The first-order valence-electron chi connectivity index (χ1n) is 22.3. The summed E-state index contributed by atoms with van der Waals surface area (Å²) in [4.78, 5) is 9.68. The standard InChI is InChI=1S/C58H60N4O/c1-55(2,3)43-31-44(56(4,5)6)33-46(32-43)60-29-30-61(39-60)47-34-45(58(9,10)41-21-15-12-16-22-41)35-49(37-47)63-48-25-26-51-50-23-17-18-24-52(50)62(53(51)38-48)54-36-42(27-28-59-54)57(7,8)40-19-13-11-14-20-40/h11-38H,39H2,1-10H3. The molecular formula is C58H60N4O. The van der Waals surface area contributed by atoms with Crippen LogP contribution in [0.2, 0.25) is 0 Å². The highest BCUT2D eigenvalue weighted by Crippen LogP contribution is 2.42. The quantitative estimate of drug-likeness (QED) is 0.145. The van der Waals surface area contributed by atoms with Gasteiger partial charge in [-0.2, -0.15) is 0 Å². The molecule has 1 aliphatic heterocycles. The summed E-state index contributed by atoms with van der Waals surface area (Å²) < 4.78 is 9.28. The van der Waals surface area contributed by atoms with Gasteiger partial charge in [0.1, 0.15) is 17.3 Å². The molecule has 0 N–H and O–H groups in total. The van der Waals surface area contributed by atoms with Gasteiger partial charge in [0, 0.05) is 63.7 Å². The van der Waals surface area contributed by atoms with E-state index in [4.69, 9.17) is 9.72 Å². The van der Waals surface area contributed by atoms with Crippen molar-refractivity contribution in [2.75, 3.05) is 16.5 Å². The minimum Gasteiger partial charge on any atom is -0.457 e. The van der Waals surface area contributed by atoms with E-state index in [9.17, 15) is 0 Å². The number of para-hydroxylation sites is 1. The highest BCUT2D eigenvalue weighted by atomic mass is 16.5. The summed E-state index contributed by atoms with van der Waals surface area (Å²) >= 11 is 0. The van der Waals surface area contributed by atoms with Crippen molar-refractivity contribution < 1.29 is 4.74 Å². The number of rotatable bonds is 9. The van der Waals surface area contributed by atoms with Crippen molar-refractivity contribution in [2.24, 2.45) is 0 Å². The highest BCUT2D eigenvalue weighted by molar-refractivity contribution is 6.09. The summed E-state index contributed by atoms with van der Waals surface area (Å²) in [5.74, 6) is 2.43. The molecule has 1 aliphatic rings. The van der Waals surface area contributed by atoms with Crippen molar-refractivity contribution in [1.29, 1.82) is 0 Å². The molecular weight excluding hydrogens is 769 g/mol. The fourth-order valence-corrected chi connectivity index (χ4v) is 8.94. The first-order valence-corrected chi connectivity index (χ1v) is 22.3. The van der Waals surface area contributed by atoms with Gasteiger partial charge in [-0.3, -0.25) is 4.57 Å². The van der Waals surface area contributed by atoms with Crippen LogP contribution in [0, 0.1) is 0 Å². The number of pyridine rings is 1. The predicted molar refractivity (Wildman–Crippen MR) is 265 cm³/mol. The lowest BCUT2D eigenvalue weighted by molar-refractivity contribution is 0.480. The Bertz CT molecular complexity index is 2950. The van der Waals surface area contributed by atoms with E-state index in [0.717, 1.165) is 39.4 Å².